The maximum absolute atomic E-state index is 14.5. The predicted molar refractivity (Wildman–Crippen MR) is 177 cm³/mol. The van der Waals surface area contributed by atoms with Crippen molar-refractivity contribution in [3.8, 4) is 0 Å². The topological polar surface area (TPSA) is 138 Å². The number of fused-ring (bicyclic) bond motifs is 1. The van der Waals surface area contributed by atoms with E-state index in [4.69, 9.17) is 14.2 Å². The summed E-state index contributed by atoms with van der Waals surface area (Å²) in [4.78, 5) is 61.1. The van der Waals surface area contributed by atoms with Crippen LogP contribution in [0.4, 0.5) is 0 Å². The smallest absolute Gasteiger partial charge is 0.313 e. The van der Waals surface area contributed by atoms with Crippen molar-refractivity contribution in [1.29, 1.82) is 0 Å². The highest BCUT2D eigenvalue weighted by atomic mass is 16.6. The summed E-state index contributed by atoms with van der Waals surface area (Å²) < 4.78 is 18.3. The highest BCUT2D eigenvalue weighted by Crippen LogP contribution is 2.59. The van der Waals surface area contributed by atoms with Crippen LogP contribution in [0.2, 0.25) is 0 Å². The van der Waals surface area contributed by atoms with Crippen LogP contribution in [0.5, 0.6) is 0 Å². The second-order valence-corrected chi connectivity index (χ2v) is 13.3. The molecule has 3 amide bonds. The Morgan fingerprint density at radius 2 is 1.90 bits per heavy atom. The van der Waals surface area contributed by atoms with Gasteiger partial charge < -0.3 is 34.4 Å². The Labute approximate surface area is 283 Å². The van der Waals surface area contributed by atoms with Crippen molar-refractivity contribution in [2.45, 2.75) is 75.5 Å². The van der Waals surface area contributed by atoms with Crippen molar-refractivity contribution in [2.24, 2.45) is 11.8 Å². The van der Waals surface area contributed by atoms with Crippen molar-refractivity contribution in [3.63, 3.8) is 0 Å². The van der Waals surface area contributed by atoms with Gasteiger partial charge in [-0.2, -0.15) is 0 Å². The standard InChI is InChI=1S/C36H50N4O8/c1-5-7-13-28(42)37-25(4)31(26-11-9-8-10-12-26)47-35(45)29-27-14-15-36(48-27)30(29)33(43)40(24(3)23-41)32(36)34(44)39(16-6-2)18-17-38-19-21-46-22-20-38/h5-6,8-12,24-25,27,29-32,41H,1-2,7,13-23H2,3-4H3,(H,37,42)/t24-,25-,27+,29-,30-,31-,32+,36-/m1/s1. The van der Waals surface area contributed by atoms with E-state index in [1.165, 1.54) is 4.90 Å². The first-order valence-electron chi connectivity index (χ1n) is 17.1. The van der Waals surface area contributed by atoms with Gasteiger partial charge in [0.25, 0.3) is 0 Å². The number of rotatable bonds is 16. The number of likely N-dealkylation sites (tertiary alicyclic amines) is 1. The van der Waals surface area contributed by atoms with Crippen molar-refractivity contribution in [3.05, 3.63) is 61.2 Å². The lowest BCUT2D eigenvalue weighted by Crippen LogP contribution is -2.59. The van der Waals surface area contributed by atoms with Gasteiger partial charge in [0, 0.05) is 39.1 Å². The molecule has 4 heterocycles. The van der Waals surface area contributed by atoms with E-state index in [9.17, 15) is 24.3 Å². The molecule has 12 heteroatoms. The molecule has 0 radical (unpaired) electrons. The van der Waals surface area contributed by atoms with Gasteiger partial charge in [0.1, 0.15) is 17.7 Å². The first-order valence-corrected chi connectivity index (χ1v) is 17.1. The third kappa shape index (κ3) is 7.08. The molecule has 4 aliphatic rings. The summed E-state index contributed by atoms with van der Waals surface area (Å²) in [7, 11) is 0. The lowest BCUT2D eigenvalue weighted by molar-refractivity contribution is -0.162. The monoisotopic (exact) mass is 666 g/mol. The second kappa shape index (κ2) is 15.8. The fourth-order valence-electron chi connectivity index (χ4n) is 7.85. The molecule has 2 N–H and O–H groups in total. The van der Waals surface area contributed by atoms with Crippen molar-refractivity contribution in [2.75, 3.05) is 52.5 Å². The van der Waals surface area contributed by atoms with Gasteiger partial charge in [0.2, 0.25) is 17.7 Å². The molecule has 8 atom stereocenters. The molecule has 4 saturated heterocycles. The van der Waals surface area contributed by atoms with Crippen molar-refractivity contribution in [1.82, 2.24) is 20.0 Å². The van der Waals surface area contributed by atoms with E-state index in [1.807, 2.05) is 30.3 Å². The molecule has 48 heavy (non-hydrogen) atoms. The van der Waals surface area contributed by atoms with Crippen LogP contribution >= 0.6 is 0 Å². The minimum atomic E-state index is -1.24. The van der Waals surface area contributed by atoms with Crippen LogP contribution in [0, 0.1) is 11.8 Å². The van der Waals surface area contributed by atoms with Crippen LogP contribution in [0.3, 0.4) is 0 Å². The number of benzene rings is 1. The van der Waals surface area contributed by atoms with Crippen LogP contribution < -0.4 is 5.32 Å². The lowest BCUT2D eigenvalue weighted by Gasteiger charge is -2.39. The van der Waals surface area contributed by atoms with Crippen LogP contribution in [0.15, 0.2) is 55.6 Å². The molecular formula is C36H50N4O8. The third-order valence-electron chi connectivity index (χ3n) is 10.2. The number of esters is 1. The number of carbonyl (C=O) groups excluding carboxylic acids is 4. The van der Waals surface area contributed by atoms with Crippen LogP contribution in [0.1, 0.15) is 51.2 Å². The summed E-state index contributed by atoms with van der Waals surface area (Å²) in [6.07, 6.45) is 3.57. The van der Waals surface area contributed by atoms with Gasteiger partial charge in [-0.15, -0.1) is 13.2 Å². The Hall–Kier alpha value is -3.58. The molecule has 1 spiro atoms. The Bertz CT molecular complexity index is 1340. The Morgan fingerprint density at radius 1 is 1.17 bits per heavy atom. The van der Waals surface area contributed by atoms with Gasteiger partial charge in [-0.1, -0.05) is 42.5 Å². The zero-order valence-corrected chi connectivity index (χ0v) is 28.1. The van der Waals surface area contributed by atoms with E-state index in [1.54, 1.807) is 30.9 Å². The minimum absolute atomic E-state index is 0.194. The average molecular weight is 667 g/mol. The van der Waals surface area contributed by atoms with Gasteiger partial charge in [-0.3, -0.25) is 24.1 Å². The number of amides is 3. The summed E-state index contributed by atoms with van der Waals surface area (Å²) in [5.41, 5.74) is -0.542. The number of carbonyl (C=O) groups is 4. The quantitative estimate of drug-likeness (QED) is 0.200. The van der Waals surface area contributed by atoms with E-state index in [-0.39, 0.29) is 31.4 Å². The molecule has 1 aromatic carbocycles. The Kier molecular flexibility index (Phi) is 11.7. The number of aliphatic hydroxyl groups excluding tert-OH is 1. The first kappa shape index (κ1) is 35.7. The van der Waals surface area contributed by atoms with Gasteiger partial charge in [-0.05, 0) is 38.7 Å². The first-order chi connectivity index (χ1) is 23.2. The maximum atomic E-state index is 14.5. The molecule has 0 saturated carbocycles. The van der Waals surface area contributed by atoms with Gasteiger partial charge >= 0.3 is 5.97 Å². The Balaban J connectivity index is 1.41. The number of aliphatic hydroxyl groups is 1. The number of morpholine rings is 1. The largest absolute Gasteiger partial charge is 0.455 e. The van der Waals surface area contributed by atoms with Crippen LogP contribution in [-0.4, -0.2) is 126 Å². The summed E-state index contributed by atoms with van der Waals surface area (Å²) in [5.74, 6) is -3.39. The normalized spacial score (nSPS) is 28.3. The molecule has 1 aromatic rings. The summed E-state index contributed by atoms with van der Waals surface area (Å²) in [6.45, 7) is 14.8. The van der Waals surface area contributed by atoms with E-state index >= 15 is 0 Å². The highest BCUT2D eigenvalue weighted by molar-refractivity contribution is 5.98. The molecule has 4 fully saturated rings. The van der Waals surface area contributed by atoms with Gasteiger partial charge in [-0.25, -0.2) is 0 Å². The zero-order chi connectivity index (χ0) is 34.4. The minimum Gasteiger partial charge on any atom is -0.455 e. The van der Waals surface area contributed by atoms with Gasteiger partial charge in [0.05, 0.1) is 49.8 Å². The molecular weight excluding hydrogens is 616 g/mol. The number of nitrogens with zero attached hydrogens (tertiary/aromatic N) is 3. The maximum Gasteiger partial charge on any atom is 0.313 e. The summed E-state index contributed by atoms with van der Waals surface area (Å²) in [5, 5.41) is 13.2. The number of allylic oxidation sites excluding steroid dienone is 1. The zero-order valence-electron chi connectivity index (χ0n) is 28.1. The lowest BCUT2D eigenvalue weighted by atomic mass is 9.70. The number of nitrogens with one attached hydrogen (secondary N) is 1. The second-order valence-electron chi connectivity index (χ2n) is 13.3. The van der Waals surface area contributed by atoms with Gasteiger partial charge in [0.15, 0.2) is 0 Å². The molecule has 5 rings (SSSR count). The van der Waals surface area contributed by atoms with Crippen molar-refractivity contribution < 1.29 is 38.5 Å². The van der Waals surface area contributed by atoms with Crippen LogP contribution in [-0.2, 0) is 33.4 Å². The average Bonchev–Trinajstić information content (AvgIpc) is 3.75. The molecule has 0 unspecified atom stereocenters. The number of hydrogen-bond acceptors (Lipinski definition) is 9. The molecule has 4 aliphatic heterocycles. The summed E-state index contributed by atoms with van der Waals surface area (Å²) >= 11 is 0. The molecule has 12 nitrogen and oxygen atoms in total. The third-order valence-corrected chi connectivity index (χ3v) is 10.2. The van der Waals surface area contributed by atoms with E-state index < -0.39 is 59.6 Å². The Morgan fingerprint density at radius 3 is 2.56 bits per heavy atom. The summed E-state index contributed by atoms with van der Waals surface area (Å²) in [6, 6.07) is 6.90. The van der Waals surface area contributed by atoms with Crippen LogP contribution in [0.25, 0.3) is 0 Å². The predicted octanol–water partition coefficient (Wildman–Crippen LogP) is 1.84. The molecule has 2 bridgehead atoms. The molecule has 0 aromatic heterocycles. The van der Waals surface area contributed by atoms with E-state index in [2.05, 4.69) is 23.4 Å². The van der Waals surface area contributed by atoms with E-state index in [0.717, 1.165) is 13.1 Å². The fourth-order valence-corrected chi connectivity index (χ4v) is 7.85. The van der Waals surface area contributed by atoms with Crippen molar-refractivity contribution >= 4 is 23.7 Å². The fraction of sp³-hybridized carbons (Fsp3) is 0.611. The SMILES string of the molecule is C=CCCC(=O)N[C@H](C)[C@@H](OC(=O)[C@@H]1[C@@H]2CC[C@]3(O2)[C@H](C(=O)N(CC=C)CCN2CCOCC2)N([C@H](C)CO)C(=O)[C@@H]13)c1ccccc1. The van der Waals surface area contributed by atoms with E-state index in [0.29, 0.717) is 51.1 Å². The highest BCUT2D eigenvalue weighted by Gasteiger charge is 2.75. The molecule has 262 valence electrons. The molecule has 0 aliphatic carbocycles. The number of hydrogen-bond donors (Lipinski definition) is 2. The number of ether oxygens (including phenoxy) is 3.